The first kappa shape index (κ1) is 22.2. The fraction of sp³-hybridized carbons (Fsp3) is 0.200. The molecule has 168 valence electrons. The zero-order valence-corrected chi connectivity index (χ0v) is 17.5. The third-order valence-electron chi connectivity index (χ3n) is 5.19. The van der Waals surface area contributed by atoms with Crippen molar-refractivity contribution in [1.29, 1.82) is 5.26 Å². The molecule has 0 saturated carbocycles. The highest BCUT2D eigenvalue weighted by Gasteiger charge is 2.49. The van der Waals surface area contributed by atoms with Gasteiger partial charge in [0, 0.05) is 5.02 Å². The van der Waals surface area contributed by atoms with Crippen molar-refractivity contribution in [1.82, 2.24) is 30.4 Å². The average Bonchev–Trinajstić information content (AvgIpc) is 3.32. The highest BCUT2D eigenvalue weighted by molar-refractivity contribution is 6.30. The van der Waals surface area contributed by atoms with Gasteiger partial charge in [0.15, 0.2) is 5.82 Å². The van der Waals surface area contributed by atoms with Crippen LogP contribution in [0, 0.1) is 11.3 Å². The summed E-state index contributed by atoms with van der Waals surface area (Å²) in [5.74, 6) is -0.825. The lowest BCUT2D eigenvalue weighted by Crippen LogP contribution is -2.40. The molecular formula is C20H13ClF3N7O2. The van der Waals surface area contributed by atoms with Gasteiger partial charge in [-0.15, -0.1) is 5.10 Å². The topological polar surface area (TPSA) is 117 Å². The maximum absolute atomic E-state index is 13.5. The van der Waals surface area contributed by atoms with Crippen molar-refractivity contribution in [3.05, 3.63) is 70.0 Å². The van der Waals surface area contributed by atoms with E-state index in [1.165, 1.54) is 37.3 Å². The number of benzene rings is 2. The van der Waals surface area contributed by atoms with Crippen molar-refractivity contribution in [2.45, 2.75) is 25.2 Å². The highest BCUT2D eigenvalue weighted by atomic mass is 35.5. The lowest BCUT2D eigenvalue weighted by Gasteiger charge is -2.22. The Bertz CT molecular complexity index is 1300. The monoisotopic (exact) mass is 475 g/mol. The van der Waals surface area contributed by atoms with Gasteiger partial charge in [0.2, 0.25) is 0 Å². The minimum atomic E-state index is -4.75. The molecule has 3 aromatic rings. The summed E-state index contributed by atoms with van der Waals surface area (Å²) >= 11 is 5.72. The number of carbonyl (C=O) groups is 2. The second-order valence-electron chi connectivity index (χ2n) is 7.30. The fourth-order valence-corrected chi connectivity index (χ4v) is 3.64. The van der Waals surface area contributed by atoms with Crippen LogP contribution in [0.3, 0.4) is 0 Å². The number of tetrazole rings is 1. The molecule has 3 amide bonds. The summed E-state index contributed by atoms with van der Waals surface area (Å²) in [7, 11) is 0. The van der Waals surface area contributed by atoms with Gasteiger partial charge >= 0.3 is 12.2 Å². The Morgan fingerprint density at radius 3 is 2.52 bits per heavy atom. The third-order valence-corrected chi connectivity index (χ3v) is 5.43. The predicted octanol–water partition coefficient (Wildman–Crippen LogP) is 3.17. The van der Waals surface area contributed by atoms with E-state index in [0.29, 0.717) is 11.1 Å². The van der Waals surface area contributed by atoms with Crippen LogP contribution in [0.5, 0.6) is 0 Å². The zero-order chi connectivity index (χ0) is 24.0. The van der Waals surface area contributed by atoms with Crippen LogP contribution >= 0.6 is 11.6 Å². The normalized spacial score (nSPS) is 18.4. The number of alkyl halides is 3. The quantitative estimate of drug-likeness (QED) is 0.579. The van der Waals surface area contributed by atoms with Gasteiger partial charge in [0.05, 0.1) is 29.4 Å². The van der Waals surface area contributed by atoms with Gasteiger partial charge in [-0.1, -0.05) is 23.7 Å². The average molecular weight is 476 g/mol. The van der Waals surface area contributed by atoms with E-state index in [-0.39, 0.29) is 10.8 Å². The largest absolute Gasteiger partial charge is 0.418 e. The summed E-state index contributed by atoms with van der Waals surface area (Å²) in [6.45, 7) is 1.00. The molecule has 1 N–H and O–H groups in total. The van der Waals surface area contributed by atoms with Gasteiger partial charge in [-0.3, -0.25) is 9.69 Å². The van der Waals surface area contributed by atoms with E-state index < -0.39 is 41.4 Å². The Morgan fingerprint density at radius 2 is 1.88 bits per heavy atom. The Labute approximate surface area is 189 Å². The first-order chi connectivity index (χ1) is 15.5. The van der Waals surface area contributed by atoms with Crippen molar-refractivity contribution >= 4 is 23.5 Å². The lowest BCUT2D eigenvalue weighted by atomic mass is 9.91. The van der Waals surface area contributed by atoms with Crippen LogP contribution in [0.2, 0.25) is 5.02 Å². The molecule has 33 heavy (non-hydrogen) atoms. The predicted molar refractivity (Wildman–Crippen MR) is 107 cm³/mol. The Hall–Kier alpha value is -3.98. The molecule has 2 aromatic carbocycles. The van der Waals surface area contributed by atoms with Gasteiger partial charge in [0.1, 0.15) is 5.54 Å². The fourth-order valence-electron chi connectivity index (χ4n) is 3.47. The number of rotatable bonds is 4. The standard InChI is InChI=1S/C20H13ClF3N7O2/c1-19(12-4-2-11(9-25)3-5-12)17(32)30(18(33)26-19)10-16-27-28-29-31(16)15-7-6-13(21)8-14(15)20(22,23)24/h2-8H,10H2,1H3,(H,26,33). The summed E-state index contributed by atoms with van der Waals surface area (Å²) in [6, 6.07) is 10.3. The molecule has 1 atom stereocenters. The summed E-state index contributed by atoms with van der Waals surface area (Å²) < 4.78 is 41.4. The van der Waals surface area contributed by atoms with Crippen molar-refractivity contribution in [2.24, 2.45) is 0 Å². The van der Waals surface area contributed by atoms with Crippen LogP contribution in [0.15, 0.2) is 42.5 Å². The summed E-state index contributed by atoms with van der Waals surface area (Å²) in [6.07, 6.45) is -4.75. The lowest BCUT2D eigenvalue weighted by molar-refractivity contribution is -0.137. The molecule has 1 aromatic heterocycles. The number of nitrogens with zero attached hydrogens (tertiary/aromatic N) is 6. The molecule has 0 aliphatic carbocycles. The third kappa shape index (κ3) is 3.87. The smallest absolute Gasteiger partial charge is 0.319 e. The van der Waals surface area contributed by atoms with Crippen molar-refractivity contribution < 1.29 is 22.8 Å². The molecular weight excluding hydrogens is 463 g/mol. The number of imide groups is 1. The van der Waals surface area contributed by atoms with E-state index in [1.54, 1.807) is 0 Å². The van der Waals surface area contributed by atoms with Crippen LogP contribution in [0.4, 0.5) is 18.0 Å². The van der Waals surface area contributed by atoms with Crippen LogP contribution in [0.1, 0.15) is 29.4 Å². The number of hydrogen-bond acceptors (Lipinski definition) is 6. The summed E-state index contributed by atoms with van der Waals surface area (Å²) in [5, 5.41) is 22.1. The SMILES string of the molecule is CC1(c2ccc(C#N)cc2)NC(=O)N(Cc2nnnn2-c2ccc(Cl)cc2C(F)(F)F)C1=O. The van der Waals surface area contributed by atoms with Gasteiger partial charge in [-0.05, 0) is 53.2 Å². The van der Waals surface area contributed by atoms with E-state index in [4.69, 9.17) is 16.9 Å². The summed E-state index contributed by atoms with van der Waals surface area (Å²) in [4.78, 5) is 26.6. The molecule has 9 nitrogen and oxygen atoms in total. The molecule has 13 heteroatoms. The van der Waals surface area contributed by atoms with E-state index in [1.807, 2.05) is 6.07 Å². The Morgan fingerprint density at radius 1 is 1.18 bits per heavy atom. The van der Waals surface area contributed by atoms with Crippen molar-refractivity contribution in [3.63, 3.8) is 0 Å². The number of hydrogen-bond donors (Lipinski definition) is 1. The number of carbonyl (C=O) groups excluding carboxylic acids is 2. The molecule has 1 unspecified atom stereocenters. The molecule has 1 aliphatic heterocycles. The number of nitrogens with one attached hydrogen (secondary N) is 1. The van der Waals surface area contributed by atoms with E-state index in [9.17, 15) is 22.8 Å². The maximum Gasteiger partial charge on any atom is 0.418 e. The first-order valence-corrected chi connectivity index (χ1v) is 9.71. The van der Waals surface area contributed by atoms with Gasteiger partial charge in [-0.25, -0.2) is 4.79 Å². The maximum atomic E-state index is 13.5. The number of aromatic nitrogens is 4. The van der Waals surface area contributed by atoms with Gasteiger partial charge in [0.25, 0.3) is 5.91 Å². The van der Waals surface area contributed by atoms with Crippen molar-refractivity contribution in [2.75, 3.05) is 0 Å². The second-order valence-corrected chi connectivity index (χ2v) is 7.74. The molecule has 2 heterocycles. The van der Waals surface area contributed by atoms with Crippen molar-refractivity contribution in [3.8, 4) is 11.8 Å². The van der Waals surface area contributed by atoms with E-state index in [0.717, 1.165) is 21.7 Å². The minimum absolute atomic E-state index is 0.131. The Balaban J connectivity index is 1.67. The second kappa shape index (κ2) is 7.86. The van der Waals surface area contributed by atoms with E-state index >= 15 is 0 Å². The number of nitriles is 1. The first-order valence-electron chi connectivity index (χ1n) is 9.34. The van der Waals surface area contributed by atoms with E-state index in [2.05, 4.69) is 20.8 Å². The molecule has 0 spiro atoms. The van der Waals surface area contributed by atoms with Crippen LogP contribution in [-0.4, -0.2) is 37.0 Å². The molecule has 4 rings (SSSR count). The van der Waals surface area contributed by atoms with Crippen LogP contribution in [0.25, 0.3) is 5.69 Å². The molecule has 0 radical (unpaired) electrons. The molecule has 1 fully saturated rings. The van der Waals surface area contributed by atoms with Gasteiger partial charge in [-0.2, -0.15) is 23.1 Å². The van der Waals surface area contributed by atoms with Gasteiger partial charge < -0.3 is 5.32 Å². The van der Waals surface area contributed by atoms with Crippen LogP contribution in [-0.2, 0) is 23.1 Å². The summed E-state index contributed by atoms with van der Waals surface area (Å²) in [5.41, 5.74) is -2.13. The Kier molecular flexibility index (Phi) is 5.29. The number of urea groups is 1. The molecule has 0 bridgehead atoms. The zero-order valence-electron chi connectivity index (χ0n) is 16.8. The van der Waals surface area contributed by atoms with Crippen LogP contribution < -0.4 is 5.32 Å². The number of halogens is 4. The molecule has 1 saturated heterocycles. The molecule has 1 aliphatic rings. The minimum Gasteiger partial charge on any atom is -0.319 e. The number of amides is 3. The highest BCUT2D eigenvalue weighted by Crippen LogP contribution is 2.36.